The zero-order valence-electron chi connectivity index (χ0n) is 11.6. The number of morpholine rings is 1. The summed E-state index contributed by atoms with van der Waals surface area (Å²) in [6.45, 7) is 1.40. The van der Waals surface area contributed by atoms with Crippen LogP contribution in [0.4, 0.5) is 0 Å². The van der Waals surface area contributed by atoms with E-state index in [4.69, 9.17) is 22.1 Å². The third-order valence-corrected chi connectivity index (χ3v) is 3.59. The lowest BCUT2D eigenvalue weighted by molar-refractivity contribution is 0.0432. The normalized spacial score (nSPS) is 24.2. The minimum Gasteiger partial charge on any atom is -0.405 e. The van der Waals surface area contributed by atoms with Gasteiger partial charge in [-0.25, -0.2) is 0 Å². The molecule has 2 rings (SSSR count). The lowest BCUT2D eigenvalue weighted by Gasteiger charge is -2.30. The first-order chi connectivity index (χ1) is 9.72. The van der Waals surface area contributed by atoms with Crippen molar-refractivity contribution < 1.29 is 4.74 Å². The van der Waals surface area contributed by atoms with Crippen molar-refractivity contribution in [1.82, 2.24) is 5.32 Å². The van der Waals surface area contributed by atoms with E-state index in [2.05, 4.69) is 10.3 Å². The molecule has 0 aliphatic carbocycles. The lowest BCUT2D eigenvalue weighted by atomic mass is 10.0. The predicted molar refractivity (Wildman–Crippen MR) is 83.4 cm³/mol. The van der Waals surface area contributed by atoms with Gasteiger partial charge < -0.3 is 15.8 Å². The Kier molecular flexibility index (Phi) is 5.59. The van der Waals surface area contributed by atoms with Crippen molar-refractivity contribution in [1.29, 1.82) is 0 Å². The molecule has 1 aromatic carbocycles. The number of nitrogens with one attached hydrogen (secondary N) is 1. The van der Waals surface area contributed by atoms with E-state index in [1.165, 1.54) is 11.8 Å². The fourth-order valence-corrected chi connectivity index (χ4v) is 2.40. The summed E-state index contributed by atoms with van der Waals surface area (Å²) in [6, 6.07) is 8.24. The van der Waals surface area contributed by atoms with E-state index in [0.717, 1.165) is 23.7 Å². The first kappa shape index (κ1) is 15.0. The molecule has 4 nitrogen and oxygen atoms in total. The van der Waals surface area contributed by atoms with E-state index in [1.54, 1.807) is 13.1 Å². The second kappa shape index (κ2) is 7.43. The van der Waals surface area contributed by atoms with Gasteiger partial charge in [0, 0.05) is 24.7 Å². The van der Waals surface area contributed by atoms with Crippen LogP contribution in [0.5, 0.6) is 0 Å². The number of nitrogens with zero attached hydrogens (tertiary/aromatic N) is 1. The molecule has 1 fully saturated rings. The van der Waals surface area contributed by atoms with Gasteiger partial charge in [0.1, 0.15) is 6.10 Å². The highest BCUT2D eigenvalue weighted by Gasteiger charge is 2.23. The summed E-state index contributed by atoms with van der Waals surface area (Å²) in [6.07, 6.45) is 4.17. The highest BCUT2D eigenvalue weighted by Crippen LogP contribution is 2.13. The molecule has 1 saturated heterocycles. The fourth-order valence-electron chi connectivity index (χ4n) is 2.27. The van der Waals surface area contributed by atoms with E-state index in [1.807, 2.05) is 24.3 Å². The van der Waals surface area contributed by atoms with Gasteiger partial charge >= 0.3 is 0 Å². The molecule has 108 valence electrons. The Morgan fingerprint density at radius 1 is 1.50 bits per heavy atom. The van der Waals surface area contributed by atoms with Crippen molar-refractivity contribution in [2.75, 3.05) is 20.2 Å². The maximum atomic E-state index is 5.88. The number of aliphatic imine (C=N–C) groups is 1. The predicted octanol–water partition coefficient (Wildman–Crippen LogP) is 1.78. The van der Waals surface area contributed by atoms with E-state index < -0.39 is 0 Å². The van der Waals surface area contributed by atoms with Crippen LogP contribution in [0.1, 0.15) is 5.56 Å². The smallest absolute Gasteiger partial charge is 0.111 e. The summed E-state index contributed by atoms with van der Waals surface area (Å²) >= 11 is 5.88. The van der Waals surface area contributed by atoms with E-state index in [-0.39, 0.29) is 6.10 Å². The number of rotatable bonds is 4. The summed E-state index contributed by atoms with van der Waals surface area (Å²) < 4.78 is 5.87. The Labute approximate surface area is 124 Å². The van der Waals surface area contributed by atoms with Gasteiger partial charge in [-0.3, -0.25) is 4.99 Å². The molecular formula is C15H20ClN3O. The molecule has 1 aliphatic rings. The molecule has 20 heavy (non-hydrogen) atoms. The SMILES string of the molecule is CN=C(C=CN)C1CNC(Cc2ccc(Cl)cc2)CO1. The fraction of sp³-hybridized carbons (Fsp3) is 0.400. The van der Waals surface area contributed by atoms with Gasteiger partial charge in [0.25, 0.3) is 0 Å². The molecule has 1 aromatic rings. The monoisotopic (exact) mass is 293 g/mol. The molecule has 0 amide bonds. The molecule has 0 spiro atoms. The molecule has 3 N–H and O–H groups in total. The Hall–Kier alpha value is -1.36. The van der Waals surface area contributed by atoms with Gasteiger partial charge in [-0.2, -0.15) is 0 Å². The van der Waals surface area contributed by atoms with Crippen LogP contribution >= 0.6 is 11.6 Å². The standard InChI is InChI=1S/C15H20ClN3O/c1-18-14(6-7-17)15-9-19-13(10-20-15)8-11-2-4-12(16)5-3-11/h2-7,13,15,19H,8-10,17H2,1H3. The third kappa shape index (κ3) is 4.07. The van der Waals surface area contributed by atoms with Crippen molar-refractivity contribution in [2.24, 2.45) is 10.7 Å². The molecule has 2 unspecified atom stereocenters. The first-order valence-corrected chi connectivity index (χ1v) is 7.05. The maximum absolute atomic E-state index is 5.88. The highest BCUT2D eigenvalue weighted by atomic mass is 35.5. The van der Waals surface area contributed by atoms with Crippen LogP contribution in [-0.4, -0.2) is 38.1 Å². The minimum absolute atomic E-state index is 0.0266. The van der Waals surface area contributed by atoms with Gasteiger partial charge in [0.2, 0.25) is 0 Å². The number of ether oxygens (including phenoxy) is 1. The Balaban J connectivity index is 1.86. The van der Waals surface area contributed by atoms with Gasteiger partial charge in [0.05, 0.1) is 12.3 Å². The number of nitrogens with two attached hydrogens (primary N) is 1. The topological polar surface area (TPSA) is 59.6 Å². The quantitative estimate of drug-likeness (QED) is 0.832. The van der Waals surface area contributed by atoms with Crippen LogP contribution in [0.2, 0.25) is 5.02 Å². The second-order valence-electron chi connectivity index (χ2n) is 4.77. The van der Waals surface area contributed by atoms with Crippen LogP contribution < -0.4 is 11.1 Å². The second-order valence-corrected chi connectivity index (χ2v) is 5.20. The van der Waals surface area contributed by atoms with Crippen LogP contribution in [0.25, 0.3) is 0 Å². The molecule has 0 aromatic heterocycles. The number of halogens is 1. The van der Waals surface area contributed by atoms with Crippen molar-refractivity contribution >= 4 is 17.3 Å². The lowest BCUT2D eigenvalue weighted by Crippen LogP contribution is -2.49. The Bertz CT molecular complexity index is 476. The van der Waals surface area contributed by atoms with Crippen LogP contribution in [0, 0.1) is 0 Å². The summed E-state index contributed by atoms with van der Waals surface area (Å²) in [5, 5.41) is 4.25. The third-order valence-electron chi connectivity index (χ3n) is 3.34. The molecule has 1 aliphatic heterocycles. The first-order valence-electron chi connectivity index (χ1n) is 6.67. The molecular weight excluding hydrogens is 274 g/mol. The van der Waals surface area contributed by atoms with Crippen molar-refractivity contribution in [3.63, 3.8) is 0 Å². The van der Waals surface area contributed by atoms with Crippen LogP contribution in [0.15, 0.2) is 41.5 Å². The summed E-state index contributed by atoms with van der Waals surface area (Å²) in [5.41, 5.74) is 7.52. The van der Waals surface area contributed by atoms with Gasteiger partial charge in [-0.15, -0.1) is 0 Å². The van der Waals surface area contributed by atoms with E-state index in [0.29, 0.717) is 12.6 Å². The average Bonchev–Trinajstić information content (AvgIpc) is 2.48. The minimum atomic E-state index is -0.0266. The number of hydrogen-bond donors (Lipinski definition) is 2. The van der Waals surface area contributed by atoms with Crippen molar-refractivity contribution in [3.05, 3.63) is 47.1 Å². The molecule has 5 heteroatoms. The molecule has 0 saturated carbocycles. The molecule has 2 atom stereocenters. The Morgan fingerprint density at radius 2 is 2.25 bits per heavy atom. The highest BCUT2D eigenvalue weighted by molar-refractivity contribution is 6.30. The number of hydrogen-bond acceptors (Lipinski definition) is 4. The van der Waals surface area contributed by atoms with Crippen molar-refractivity contribution in [3.8, 4) is 0 Å². The van der Waals surface area contributed by atoms with E-state index >= 15 is 0 Å². The van der Waals surface area contributed by atoms with Gasteiger partial charge in [-0.1, -0.05) is 23.7 Å². The zero-order chi connectivity index (χ0) is 14.4. The molecule has 1 heterocycles. The summed E-state index contributed by atoms with van der Waals surface area (Å²) in [4.78, 5) is 4.19. The van der Waals surface area contributed by atoms with Gasteiger partial charge in [0.15, 0.2) is 0 Å². The summed E-state index contributed by atoms with van der Waals surface area (Å²) in [7, 11) is 1.75. The van der Waals surface area contributed by atoms with Gasteiger partial charge in [-0.05, 0) is 36.4 Å². The maximum Gasteiger partial charge on any atom is 0.111 e. The van der Waals surface area contributed by atoms with Crippen LogP contribution in [-0.2, 0) is 11.2 Å². The zero-order valence-corrected chi connectivity index (χ0v) is 12.3. The average molecular weight is 294 g/mol. The van der Waals surface area contributed by atoms with Crippen molar-refractivity contribution in [2.45, 2.75) is 18.6 Å². The molecule has 0 bridgehead atoms. The largest absolute Gasteiger partial charge is 0.405 e. The molecule has 0 radical (unpaired) electrons. The number of benzene rings is 1. The Morgan fingerprint density at radius 3 is 2.80 bits per heavy atom. The van der Waals surface area contributed by atoms with Crippen LogP contribution in [0.3, 0.4) is 0 Å². The summed E-state index contributed by atoms with van der Waals surface area (Å²) in [5.74, 6) is 0. The van der Waals surface area contributed by atoms with E-state index in [9.17, 15) is 0 Å².